The number of carbonyl (C=O) groups excluding carboxylic acids is 1. The number of ether oxygens (including phenoxy) is 1. The second-order valence-electron chi connectivity index (χ2n) is 4.60. The van der Waals surface area contributed by atoms with Gasteiger partial charge in [0.05, 0.1) is 12.7 Å². The molecule has 1 amide bonds. The van der Waals surface area contributed by atoms with Crippen LogP contribution < -0.4 is 4.74 Å². The molecule has 2 rings (SSSR count). The Hall–Kier alpha value is -2.07. The van der Waals surface area contributed by atoms with Crippen molar-refractivity contribution in [1.82, 2.24) is 4.90 Å². The monoisotopic (exact) mass is 307 g/mol. The van der Waals surface area contributed by atoms with Crippen molar-refractivity contribution in [3.8, 4) is 5.75 Å². The molecule has 0 bridgehead atoms. The maximum atomic E-state index is 13.7. The van der Waals surface area contributed by atoms with Crippen LogP contribution >= 0.6 is 11.6 Å². The molecule has 0 radical (unpaired) electrons. The van der Waals surface area contributed by atoms with E-state index in [1.54, 1.807) is 14.2 Å². The Morgan fingerprint density at radius 2 is 2.00 bits per heavy atom. The molecule has 3 nitrogen and oxygen atoms in total. The van der Waals surface area contributed by atoms with Crippen LogP contribution in [0, 0.1) is 5.82 Å². The van der Waals surface area contributed by atoms with Crippen LogP contribution in [0.5, 0.6) is 5.75 Å². The second-order valence-corrected chi connectivity index (χ2v) is 5.03. The van der Waals surface area contributed by atoms with Gasteiger partial charge in [0.15, 0.2) is 0 Å². The summed E-state index contributed by atoms with van der Waals surface area (Å²) in [5, 5.41) is 0.324. The number of benzene rings is 2. The van der Waals surface area contributed by atoms with E-state index in [0.29, 0.717) is 17.3 Å². The van der Waals surface area contributed by atoms with E-state index in [9.17, 15) is 9.18 Å². The Morgan fingerprint density at radius 3 is 2.71 bits per heavy atom. The van der Waals surface area contributed by atoms with Crippen LogP contribution in [0.2, 0.25) is 5.02 Å². The number of nitrogens with zero attached hydrogens (tertiary/aromatic N) is 1. The van der Waals surface area contributed by atoms with Crippen LogP contribution in [0.4, 0.5) is 4.39 Å². The summed E-state index contributed by atoms with van der Waals surface area (Å²) in [6, 6.07) is 11.3. The number of methoxy groups -OCH3 is 1. The van der Waals surface area contributed by atoms with Gasteiger partial charge in [-0.25, -0.2) is 4.39 Å². The lowest BCUT2D eigenvalue weighted by Gasteiger charge is -2.19. The summed E-state index contributed by atoms with van der Waals surface area (Å²) in [5.41, 5.74) is 0.804. The maximum absolute atomic E-state index is 13.7. The summed E-state index contributed by atoms with van der Waals surface area (Å²) in [6.45, 7) is 0.314. The molecule has 0 fully saturated rings. The van der Waals surface area contributed by atoms with Crippen LogP contribution in [-0.2, 0) is 6.54 Å². The van der Waals surface area contributed by atoms with E-state index in [2.05, 4.69) is 0 Å². The maximum Gasteiger partial charge on any atom is 0.256 e. The number of para-hydroxylation sites is 1. The zero-order chi connectivity index (χ0) is 15.4. The molecule has 0 atom stereocenters. The first-order valence-electron chi connectivity index (χ1n) is 6.35. The Balaban J connectivity index is 2.22. The Morgan fingerprint density at radius 1 is 1.29 bits per heavy atom. The fourth-order valence-corrected chi connectivity index (χ4v) is 2.20. The van der Waals surface area contributed by atoms with Gasteiger partial charge in [0.1, 0.15) is 11.6 Å². The molecule has 2 aromatic rings. The predicted octanol–water partition coefficient (Wildman–Crippen LogP) is 3.76. The van der Waals surface area contributed by atoms with Crippen LogP contribution in [0.15, 0.2) is 42.5 Å². The van der Waals surface area contributed by atoms with Gasteiger partial charge in [0, 0.05) is 24.2 Å². The summed E-state index contributed by atoms with van der Waals surface area (Å²) < 4.78 is 19.0. The van der Waals surface area contributed by atoms with E-state index >= 15 is 0 Å². The standard InChI is InChI=1S/C16H15ClFNO2/c1-19(10-11-5-3-4-6-15(11)21-2)16(20)13-9-12(17)7-8-14(13)18/h3-9H,10H2,1-2H3. The van der Waals surface area contributed by atoms with Crippen molar-refractivity contribution in [2.24, 2.45) is 0 Å². The summed E-state index contributed by atoms with van der Waals surface area (Å²) in [6.07, 6.45) is 0. The number of carbonyl (C=O) groups is 1. The normalized spacial score (nSPS) is 10.3. The molecule has 0 aliphatic heterocycles. The van der Waals surface area contributed by atoms with Crippen LogP contribution in [0.25, 0.3) is 0 Å². The molecule has 0 saturated carbocycles. The first kappa shape index (κ1) is 15.3. The third kappa shape index (κ3) is 3.52. The lowest BCUT2D eigenvalue weighted by Crippen LogP contribution is -2.27. The van der Waals surface area contributed by atoms with Gasteiger partial charge in [0.25, 0.3) is 5.91 Å². The Labute approximate surface area is 127 Å². The number of hydrogen-bond acceptors (Lipinski definition) is 2. The van der Waals surface area contributed by atoms with Crippen LogP contribution in [0.1, 0.15) is 15.9 Å². The fraction of sp³-hybridized carbons (Fsp3) is 0.188. The van der Waals surface area contributed by atoms with Crippen molar-refractivity contribution in [3.05, 3.63) is 64.4 Å². The molecular weight excluding hydrogens is 293 g/mol. The smallest absolute Gasteiger partial charge is 0.256 e. The van der Waals surface area contributed by atoms with Crippen LogP contribution in [0.3, 0.4) is 0 Å². The van der Waals surface area contributed by atoms with E-state index in [-0.39, 0.29) is 5.56 Å². The third-order valence-corrected chi connectivity index (χ3v) is 3.34. The summed E-state index contributed by atoms with van der Waals surface area (Å²) >= 11 is 5.82. The highest BCUT2D eigenvalue weighted by Crippen LogP contribution is 2.21. The van der Waals surface area contributed by atoms with Crippen molar-refractivity contribution in [1.29, 1.82) is 0 Å². The molecular formula is C16H15ClFNO2. The zero-order valence-electron chi connectivity index (χ0n) is 11.8. The van der Waals surface area contributed by atoms with E-state index in [4.69, 9.17) is 16.3 Å². The highest BCUT2D eigenvalue weighted by Gasteiger charge is 2.18. The molecule has 5 heteroatoms. The minimum absolute atomic E-state index is 0.0418. The molecule has 0 unspecified atom stereocenters. The van der Waals surface area contributed by atoms with Crippen molar-refractivity contribution in [2.75, 3.05) is 14.2 Å². The van der Waals surface area contributed by atoms with Gasteiger partial charge in [-0.1, -0.05) is 29.8 Å². The molecule has 0 aliphatic carbocycles. The zero-order valence-corrected chi connectivity index (χ0v) is 12.5. The number of hydrogen-bond donors (Lipinski definition) is 0. The quantitative estimate of drug-likeness (QED) is 0.860. The molecule has 0 aliphatic rings. The van der Waals surface area contributed by atoms with Gasteiger partial charge in [-0.15, -0.1) is 0 Å². The lowest BCUT2D eigenvalue weighted by molar-refractivity contribution is 0.0779. The molecule has 110 valence electrons. The molecule has 2 aromatic carbocycles. The summed E-state index contributed by atoms with van der Waals surface area (Å²) in [5.74, 6) is -0.333. The van der Waals surface area contributed by atoms with Crippen LogP contribution in [-0.4, -0.2) is 25.0 Å². The topological polar surface area (TPSA) is 29.5 Å². The Bertz CT molecular complexity index is 660. The number of halogens is 2. The predicted molar refractivity (Wildman–Crippen MR) is 80.2 cm³/mol. The lowest BCUT2D eigenvalue weighted by atomic mass is 10.1. The van der Waals surface area contributed by atoms with Gasteiger partial charge in [-0.05, 0) is 24.3 Å². The molecule has 0 heterocycles. The highest BCUT2D eigenvalue weighted by molar-refractivity contribution is 6.30. The van der Waals surface area contributed by atoms with E-state index in [0.717, 1.165) is 5.56 Å². The van der Waals surface area contributed by atoms with Crippen molar-refractivity contribution < 1.29 is 13.9 Å². The highest BCUT2D eigenvalue weighted by atomic mass is 35.5. The first-order chi connectivity index (χ1) is 10.0. The van der Waals surface area contributed by atoms with E-state index in [1.807, 2.05) is 24.3 Å². The summed E-state index contributed by atoms with van der Waals surface area (Å²) in [7, 11) is 3.17. The minimum atomic E-state index is -0.587. The Kier molecular flexibility index (Phi) is 4.81. The average molecular weight is 308 g/mol. The third-order valence-electron chi connectivity index (χ3n) is 3.11. The number of amides is 1. The number of rotatable bonds is 4. The van der Waals surface area contributed by atoms with E-state index < -0.39 is 11.7 Å². The molecule has 21 heavy (non-hydrogen) atoms. The van der Waals surface area contributed by atoms with Gasteiger partial charge in [-0.3, -0.25) is 4.79 Å². The van der Waals surface area contributed by atoms with Gasteiger partial charge in [0.2, 0.25) is 0 Å². The van der Waals surface area contributed by atoms with Gasteiger partial charge < -0.3 is 9.64 Å². The molecule has 0 saturated heterocycles. The fourth-order valence-electron chi connectivity index (χ4n) is 2.03. The molecule has 0 spiro atoms. The summed E-state index contributed by atoms with van der Waals surface area (Å²) in [4.78, 5) is 13.7. The van der Waals surface area contributed by atoms with Gasteiger partial charge >= 0.3 is 0 Å². The second kappa shape index (κ2) is 6.59. The molecule has 0 N–H and O–H groups in total. The van der Waals surface area contributed by atoms with Crippen molar-refractivity contribution in [3.63, 3.8) is 0 Å². The average Bonchev–Trinajstić information content (AvgIpc) is 2.49. The largest absolute Gasteiger partial charge is 0.496 e. The minimum Gasteiger partial charge on any atom is -0.496 e. The van der Waals surface area contributed by atoms with Gasteiger partial charge in [-0.2, -0.15) is 0 Å². The van der Waals surface area contributed by atoms with Crippen molar-refractivity contribution in [2.45, 2.75) is 6.54 Å². The van der Waals surface area contributed by atoms with Crippen molar-refractivity contribution >= 4 is 17.5 Å². The first-order valence-corrected chi connectivity index (χ1v) is 6.73. The SMILES string of the molecule is COc1ccccc1CN(C)C(=O)c1cc(Cl)ccc1F. The van der Waals surface area contributed by atoms with E-state index in [1.165, 1.54) is 23.1 Å². The molecule has 0 aromatic heterocycles.